The Hall–Kier alpha value is -2.34. The number of fused-ring (bicyclic) bond motifs is 1. The van der Waals surface area contributed by atoms with Crippen molar-refractivity contribution in [2.45, 2.75) is 12.3 Å². The van der Waals surface area contributed by atoms with Crippen LogP contribution in [0.2, 0.25) is 0 Å². The van der Waals surface area contributed by atoms with E-state index >= 15 is 0 Å². The number of hydrogen-bond acceptors (Lipinski definition) is 5. The molecule has 0 N–H and O–H groups in total. The van der Waals surface area contributed by atoms with Crippen molar-refractivity contribution in [3.05, 3.63) is 35.2 Å². The van der Waals surface area contributed by atoms with Gasteiger partial charge >= 0.3 is 5.97 Å². The molecule has 1 aromatic heterocycles. The smallest absolute Gasteiger partial charge is 0.314 e. The highest BCUT2D eigenvalue weighted by molar-refractivity contribution is 7.16. The van der Waals surface area contributed by atoms with Gasteiger partial charge in [0.2, 0.25) is 5.91 Å². The Balaban J connectivity index is 2.04. The molecule has 1 atom stereocenters. The molecule has 0 saturated carbocycles. The van der Waals surface area contributed by atoms with Crippen LogP contribution < -0.4 is 9.64 Å². The van der Waals surface area contributed by atoms with Crippen LogP contribution >= 0.6 is 11.3 Å². The van der Waals surface area contributed by atoms with E-state index in [0.717, 1.165) is 26.8 Å². The van der Waals surface area contributed by atoms with Gasteiger partial charge in [0.1, 0.15) is 11.7 Å². The van der Waals surface area contributed by atoms with Gasteiger partial charge in [-0.1, -0.05) is 0 Å². The van der Waals surface area contributed by atoms with Gasteiger partial charge in [0.25, 0.3) is 0 Å². The number of carbonyl (C=O) groups excluding carboxylic acids is 2. The Labute approximate surface area is 138 Å². The van der Waals surface area contributed by atoms with Crippen molar-refractivity contribution in [2.75, 3.05) is 26.2 Å². The second-order valence-electron chi connectivity index (χ2n) is 5.32. The fraction of sp³-hybridized carbons (Fsp3) is 0.294. The summed E-state index contributed by atoms with van der Waals surface area (Å²) < 4.78 is 10.0. The van der Waals surface area contributed by atoms with Gasteiger partial charge in [0.05, 0.1) is 19.9 Å². The Bertz CT molecular complexity index is 750. The molecule has 0 fully saturated rings. The monoisotopic (exact) mass is 331 g/mol. The molecule has 0 spiro atoms. The second kappa shape index (κ2) is 6.04. The van der Waals surface area contributed by atoms with Gasteiger partial charge in [0.15, 0.2) is 0 Å². The van der Waals surface area contributed by atoms with Gasteiger partial charge < -0.3 is 14.4 Å². The Morgan fingerprint density at radius 2 is 1.96 bits per heavy atom. The van der Waals surface area contributed by atoms with Crippen molar-refractivity contribution in [3.8, 4) is 16.2 Å². The maximum absolute atomic E-state index is 12.1. The third-order valence-corrected chi connectivity index (χ3v) is 5.32. The predicted octanol–water partition coefficient (Wildman–Crippen LogP) is 3.05. The van der Waals surface area contributed by atoms with E-state index in [0.29, 0.717) is 0 Å². The molecule has 0 bridgehead atoms. The zero-order valence-electron chi connectivity index (χ0n) is 13.2. The molecule has 1 aromatic carbocycles. The first-order valence-electron chi connectivity index (χ1n) is 7.17. The molecule has 1 unspecified atom stereocenters. The summed E-state index contributed by atoms with van der Waals surface area (Å²) in [6, 6.07) is 9.66. The molecule has 2 heterocycles. The van der Waals surface area contributed by atoms with E-state index < -0.39 is 5.92 Å². The molecular formula is C17H17NO4S. The first kappa shape index (κ1) is 15.6. The molecule has 0 saturated heterocycles. The third kappa shape index (κ3) is 2.70. The zero-order chi connectivity index (χ0) is 16.6. The number of esters is 1. The number of thiophene rings is 1. The summed E-state index contributed by atoms with van der Waals surface area (Å²) in [4.78, 5) is 27.6. The fourth-order valence-corrected chi connectivity index (χ4v) is 3.96. The van der Waals surface area contributed by atoms with Crippen molar-refractivity contribution in [1.82, 2.24) is 0 Å². The lowest BCUT2D eigenvalue weighted by Crippen LogP contribution is -2.34. The second-order valence-corrected chi connectivity index (χ2v) is 6.41. The van der Waals surface area contributed by atoms with Crippen LogP contribution in [-0.4, -0.2) is 33.1 Å². The van der Waals surface area contributed by atoms with Crippen molar-refractivity contribution in [1.29, 1.82) is 0 Å². The molecule has 3 rings (SSSR count). The lowest BCUT2D eigenvalue weighted by atomic mass is 9.97. The van der Waals surface area contributed by atoms with Gasteiger partial charge in [-0.15, -0.1) is 11.3 Å². The van der Waals surface area contributed by atoms with Gasteiger partial charge in [-0.2, -0.15) is 0 Å². The highest BCUT2D eigenvalue weighted by Gasteiger charge is 2.36. The summed E-state index contributed by atoms with van der Waals surface area (Å²) in [5.74, 6) is -0.173. The number of hydrogen-bond donors (Lipinski definition) is 0. The maximum atomic E-state index is 12.1. The van der Waals surface area contributed by atoms with Gasteiger partial charge in [-0.05, 0) is 35.9 Å². The molecule has 23 heavy (non-hydrogen) atoms. The number of anilines is 1. The molecule has 0 radical (unpaired) electrons. The lowest BCUT2D eigenvalue weighted by Gasteiger charge is -2.27. The molecule has 120 valence electrons. The van der Waals surface area contributed by atoms with Crippen LogP contribution in [0, 0.1) is 0 Å². The van der Waals surface area contributed by atoms with Crippen molar-refractivity contribution >= 4 is 28.9 Å². The largest absolute Gasteiger partial charge is 0.497 e. The number of amides is 1. The molecule has 1 amide bonds. The first-order valence-corrected chi connectivity index (χ1v) is 7.99. The standard InChI is InChI=1S/C17H17NO4S/c1-18-13-9-14(10-4-6-11(21-2)7-5-10)23-16(13)12(8-15(18)19)17(20)22-3/h4-7,9,12H,8H2,1-3H3. The highest BCUT2D eigenvalue weighted by atomic mass is 32.1. The third-order valence-electron chi connectivity index (χ3n) is 4.03. The van der Waals surface area contributed by atoms with Crippen LogP contribution in [0.15, 0.2) is 30.3 Å². The first-order chi connectivity index (χ1) is 11.0. The Morgan fingerprint density at radius 1 is 1.26 bits per heavy atom. The van der Waals surface area contributed by atoms with Gasteiger partial charge in [0, 0.05) is 23.2 Å². The van der Waals surface area contributed by atoms with Crippen molar-refractivity contribution in [3.63, 3.8) is 0 Å². The van der Waals surface area contributed by atoms with Crippen molar-refractivity contribution in [2.24, 2.45) is 0 Å². The normalized spacial score (nSPS) is 16.9. The summed E-state index contributed by atoms with van der Waals surface area (Å²) >= 11 is 1.52. The zero-order valence-corrected chi connectivity index (χ0v) is 14.0. The van der Waals surface area contributed by atoms with Crippen LogP contribution in [0.1, 0.15) is 17.2 Å². The molecule has 1 aliphatic heterocycles. The number of benzene rings is 1. The van der Waals surface area contributed by atoms with Crippen LogP contribution in [0.5, 0.6) is 5.75 Å². The topological polar surface area (TPSA) is 55.8 Å². The quantitative estimate of drug-likeness (QED) is 0.811. The van der Waals surface area contributed by atoms with E-state index in [1.54, 1.807) is 19.1 Å². The molecular weight excluding hydrogens is 314 g/mol. The van der Waals surface area contributed by atoms with Crippen LogP contribution in [0.4, 0.5) is 5.69 Å². The number of nitrogens with zero attached hydrogens (tertiary/aromatic N) is 1. The van der Waals surface area contributed by atoms with E-state index in [4.69, 9.17) is 9.47 Å². The highest BCUT2D eigenvalue weighted by Crippen LogP contribution is 2.45. The van der Waals surface area contributed by atoms with Crippen LogP contribution in [0.3, 0.4) is 0 Å². The summed E-state index contributed by atoms with van der Waals surface area (Å²) in [6.07, 6.45) is 0.152. The lowest BCUT2D eigenvalue weighted by molar-refractivity contribution is -0.144. The minimum Gasteiger partial charge on any atom is -0.497 e. The van der Waals surface area contributed by atoms with Gasteiger partial charge in [-0.3, -0.25) is 9.59 Å². The Morgan fingerprint density at radius 3 is 2.57 bits per heavy atom. The Kier molecular flexibility index (Phi) is 4.09. The number of rotatable bonds is 3. The van der Waals surface area contributed by atoms with Gasteiger partial charge in [-0.25, -0.2) is 0 Å². The summed E-state index contributed by atoms with van der Waals surface area (Å²) in [5.41, 5.74) is 1.81. The van der Waals surface area contributed by atoms with E-state index in [-0.39, 0.29) is 18.3 Å². The number of carbonyl (C=O) groups is 2. The molecule has 2 aromatic rings. The van der Waals surface area contributed by atoms with Crippen molar-refractivity contribution < 1.29 is 19.1 Å². The fourth-order valence-electron chi connectivity index (χ4n) is 2.68. The van der Waals surface area contributed by atoms with Crippen LogP contribution in [0.25, 0.3) is 10.4 Å². The van der Waals surface area contributed by atoms with E-state index in [2.05, 4.69) is 0 Å². The number of methoxy groups -OCH3 is 2. The SMILES string of the molecule is COC(=O)C1CC(=O)N(C)c2cc(-c3ccc(OC)cc3)sc21. The summed E-state index contributed by atoms with van der Waals surface area (Å²) in [7, 11) is 4.71. The van der Waals surface area contributed by atoms with E-state index in [1.165, 1.54) is 18.4 Å². The minimum atomic E-state index is -0.518. The average molecular weight is 331 g/mol. The molecule has 1 aliphatic rings. The molecule has 6 heteroatoms. The molecule has 0 aliphatic carbocycles. The van der Waals surface area contributed by atoms with E-state index in [9.17, 15) is 9.59 Å². The minimum absolute atomic E-state index is 0.0769. The average Bonchev–Trinajstić information content (AvgIpc) is 3.03. The molecule has 5 nitrogen and oxygen atoms in total. The predicted molar refractivity (Wildman–Crippen MR) is 89.1 cm³/mol. The maximum Gasteiger partial charge on any atom is 0.314 e. The van der Waals surface area contributed by atoms with Crippen LogP contribution in [-0.2, 0) is 14.3 Å². The summed E-state index contributed by atoms with van der Waals surface area (Å²) in [5, 5.41) is 0. The number of ether oxygens (including phenoxy) is 2. The van der Waals surface area contributed by atoms with E-state index in [1.807, 2.05) is 30.3 Å². The summed E-state index contributed by atoms with van der Waals surface area (Å²) in [6.45, 7) is 0.